The van der Waals surface area contributed by atoms with E-state index in [1.165, 1.54) is 6.42 Å². The maximum atomic E-state index is 11.3. The maximum Gasteiger partial charge on any atom is 0.152 e. The minimum Gasteiger partial charge on any atom is -0.307 e. The van der Waals surface area contributed by atoms with E-state index in [0.29, 0.717) is 11.7 Å². The Morgan fingerprint density at radius 3 is 2.60 bits per heavy atom. The first-order valence-electron chi connectivity index (χ1n) is 4.15. The zero-order valence-electron chi connectivity index (χ0n) is 6.10. The molecule has 0 bridgehead atoms. The monoisotopic (exact) mass is 139 g/mol. The van der Waals surface area contributed by atoms with Crippen LogP contribution in [0.25, 0.3) is 0 Å². The minimum absolute atomic E-state index is 0.229. The molecule has 0 aromatic heterocycles. The van der Waals surface area contributed by atoms with Gasteiger partial charge in [0.2, 0.25) is 0 Å². The zero-order valence-corrected chi connectivity index (χ0v) is 6.10. The maximum absolute atomic E-state index is 11.3. The van der Waals surface area contributed by atoms with Gasteiger partial charge in [-0.25, -0.2) is 0 Å². The molecule has 2 fully saturated rings. The molecule has 1 aliphatic heterocycles. The third-order valence-electron chi connectivity index (χ3n) is 2.38. The van der Waals surface area contributed by atoms with Gasteiger partial charge < -0.3 is 5.32 Å². The number of hydrogen-bond donors (Lipinski definition) is 1. The van der Waals surface area contributed by atoms with Crippen molar-refractivity contribution in [1.29, 1.82) is 0 Å². The van der Waals surface area contributed by atoms with Gasteiger partial charge in [-0.3, -0.25) is 4.79 Å². The van der Waals surface area contributed by atoms with Crippen LogP contribution >= 0.6 is 0 Å². The number of carbonyl (C=O) groups excluding carboxylic acids is 1. The number of carbonyl (C=O) groups is 1. The summed E-state index contributed by atoms with van der Waals surface area (Å²) in [5.74, 6) is 0.924. The Labute approximate surface area is 61.0 Å². The van der Waals surface area contributed by atoms with Crippen molar-refractivity contribution < 1.29 is 4.79 Å². The van der Waals surface area contributed by atoms with Crippen LogP contribution in [0.4, 0.5) is 0 Å². The Balaban J connectivity index is 1.90. The second kappa shape index (κ2) is 2.35. The molecule has 1 heterocycles. The molecule has 0 aromatic carbocycles. The molecule has 1 saturated carbocycles. The summed E-state index contributed by atoms with van der Waals surface area (Å²) in [5.41, 5.74) is 0. The van der Waals surface area contributed by atoms with Crippen LogP contribution in [0.5, 0.6) is 0 Å². The number of Topliss-reactive ketones (excluding diaryl/α,β-unsaturated/α-hetero) is 1. The van der Waals surface area contributed by atoms with E-state index in [1.807, 2.05) is 0 Å². The Morgan fingerprint density at radius 1 is 1.30 bits per heavy atom. The van der Waals surface area contributed by atoms with E-state index in [1.54, 1.807) is 0 Å². The van der Waals surface area contributed by atoms with Crippen molar-refractivity contribution in [3.05, 3.63) is 0 Å². The van der Waals surface area contributed by atoms with Gasteiger partial charge >= 0.3 is 0 Å². The lowest BCUT2D eigenvalue weighted by molar-refractivity contribution is -0.121. The van der Waals surface area contributed by atoms with Crippen molar-refractivity contribution in [2.24, 2.45) is 5.92 Å². The molecule has 1 N–H and O–H groups in total. The topological polar surface area (TPSA) is 29.1 Å². The van der Waals surface area contributed by atoms with E-state index in [2.05, 4.69) is 5.32 Å². The number of ketones is 1. The molecular weight excluding hydrogens is 126 g/mol. The molecule has 1 aliphatic carbocycles. The molecule has 0 radical (unpaired) electrons. The molecule has 1 unspecified atom stereocenters. The highest BCUT2D eigenvalue weighted by atomic mass is 16.1. The van der Waals surface area contributed by atoms with Crippen LogP contribution in [0.3, 0.4) is 0 Å². The van der Waals surface area contributed by atoms with Crippen molar-refractivity contribution >= 4 is 5.78 Å². The lowest BCUT2D eigenvalue weighted by Gasteiger charge is -2.05. The second-order valence-electron chi connectivity index (χ2n) is 3.33. The normalized spacial score (nSPS) is 32.6. The first kappa shape index (κ1) is 6.35. The smallest absolute Gasteiger partial charge is 0.152 e. The van der Waals surface area contributed by atoms with Crippen molar-refractivity contribution in [3.63, 3.8) is 0 Å². The van der Waals surface area contributed by atoms with E-state index < -0.39 is 0 Å². The Bertz CT molecular complexity index is 145. The molecule has 0 aromatic rings. The van der Waals surface area contributed by atoms with Crippen molar-refractivity contribution in [2.75, 3.05) is 6.54 Å². The van der Waals surface area contributed by atoms with Crippen LogP contribution in [-0.4, -0.2) is 18.4 Å². The van der Waals surface area contributed by atoms with Crippen molar-refractivity contribution in [1.82, 2.24) is 5.32 Å². The molecule has 0 amide bonds. The fourth-order valence-corrected chi connectivity index (χ4v) is 1.58. The average Bonchev–Trinajstić information content (AvgIpc) is 2.65. The van der Waals surface area contributed by atoms with Crippen LogP contribution in [-0.2, 0) is 4.79 Å². The van der Waals surface area contributed by atoms with Crippen LogP contribution < -0.4 is 5.32 Å². The fourth-order valence-electron chi connectivity index (χ4n) is 1.58. The van der Waals surface area contributed by atoms with Crippen LogP contribution in [0.2, 0.25) is 0 Å². The highest BCUT2D eigenvalue weighted by Crippen LogP contribution is 2.32. The molecule has 10 heavy (non-hydrogen) atoms. The molecule has 2 nitrogen and oxygen atoms in total. The third kappa shape index (κ3) is 1.08. The van der Waals surface area contributed by atoms with Gasteiger partial charge in [-0.05, 0) is 32.2 Å². The highest BCUT2D eigenvalue weighted by molar-refractivity contribution is 5.88. The predicted octanol–water partition coefficient (Wildman–Crippen LogP) is 0.718. The summed E-state index contributed by atoms with van der Waals surface area (Å²) in [7, 11) is 0. The van der Waals surface area contributed by atoms with Gasteiger partial charge in [-0.15, -0.1) is 0 Å². The Kier molecular flexibility index (Phi) is 1.49. The van der Waals surface area contributed by atoms with E-state index in [9.17, 15) is 4.79 Å². The van der Waals surface area contributed by atoms with Gasteiger partial charge in [0, 0.05) is 5.92 Å². The molecule has 2 rings (SSSR count). The minimum atomic E-state index is 0.229. The summed E-state index contributed by atoms with van der Waals surface area (Å²) in [6.45, 7) is 1.04. The summed E-state index contributed by atoms with van der Waals surface area (Å²) >= 11 is 0. The lowest BCUT2D eigenvalue weighted by atomic mass is 10.1. The van der Waals surface area contributed by atoms with Crippen molar-refractivity contribution in [3.8, 4) is 0 Å². The Morgan fingerprint density at radius 2 is 2.10 bits per heavy atom. The number of nitrogens with one attached hydrogen (secondary N) is 1. The molecule has 2 aliphatic rings. The summed E-state index contributed by atoms with van der Waals surface area (Å²) in [6, 6.07) is 0.229. The van der Waals surface area contributed by atoms with Gasteiger partial charge in [-0.2, -0.15) is 0 Å². The van der Waals surface area contributed by atoms with Crippen LogP contribution in [0.15, 0.2) is 0 Å². The van der Waals surface area contributed by atoms with Gasteiger partial charge in [0.05, 0.1) is 6.04 Å². The summed E-state index contributed by atoms with van der Waals surface area (Å²) in [6.07, 6.45) is 4.56. The first-order chi connectivity index (χ1) is 4.88. The summed E-state index contributed by atoms with van der Waals surface area (Å²) in [5, 5.41) is 3.23. The predicted molar refractivity (Wildman–Crippen MR) is 38.8 cm³/mol. The summed E-state index contributed by atoms with van der Waals surface area (Å²) in [4.78, 5) is 11.3. The van der Waals surface area contributed by atoms with Gasteiger partial charge in [0.25, 0.3) is 0 Å². The SMILES string of the molecule is O=C(C1CC1)C1CCCN1. The van der Waals surface area contributed by atoms with Gasteiger partial charge in [-0.1, -0.05) is 0 Å². The highest BCUT2D eigenvalue weighted by Gasteiger charge is 2.35. The molecule has 2 heteroatoms. The molecular formula is C8H13NO. The quantitative estimate of drug-likeness (QED) is 0.610. The molecule has 0 spiro atoms. The van der Waals surface area contributed by atoms with E-state index >= 15 is 0 Å². The molecule has 1 atom stereocenters. The second-order valence-corrected chi connectivity index (χ2v) is 3.33. The lowest BCUT2D eigenvalue weighted by Crippen LogP contribution is -2.31. The standard InChI is InChI=1S/C8H13NO/c10-8(6-3-4-6)7-2-1-5-9-7/h6-7,9H,1-5H2. The van der Waals surface area contributed by atoms with Gasteiger partial charge in [0.1, 0.15) is 0 Å². The van der Waals surface area contributed by atoms with E-state index in [4.69, 9.17) is 0 Å². The number of rotatable bonds is 2. The average molecular weight is 139 g/mol. The summed E-state index contributed by atoms with van der Waals surface area (Å²) < 4.78 is 0. The molecule has 1 saturated heterocycles. The van der Waals surface area contributed by atoms with Crippen LogP contribution in [0, 0.1) is 5.92 Å². The van der Waals surface area contributed by atoms with Crippen LogP contribution in [0.1, 0.15) is 25.7 Å². The van der Waals surface area contributed by atoms with Crippen molar-refractivity contribution in [2.45, 2.75) is 31.7 Å². The van der Waals surface area contributed by atoms with E-state index in [0.717, 1.165) is 25.8 Å². The third-order valence-corrected chi connectivity index (χ3v) is 2.38. The van der Waals surface area contributed by atoms with Gasteiger partial charge in [0.15, 0.2) is 5.78 Å². The molecule has 56 valence electrons. The number of hydrogen-bond acceptors (Lipinski definition) is 2. The largest absolute Gasteiger partial charge is 0.307 e. The first-order valence-corrected chi connectivity index (χ1v) is 4.15. The Hall–Kier alpha value is -0.370. The van der Waals surface area contributed by atoms with E-state index in [-0.39, 0.29) is 6.04 Å². The zero-order chi connectivity index (χ0) is 6.97. The fraction of sp³-hybridized carbons (Fsp3) is 0.875.